The Labute approximate surface area is 197 Å². The van der Waals surface area contributed by atoms with Crippen LogP contribution in [0.2, 0.25) is 0 Å². The fraction of sp³-hybridized carbons (Fsp3) is 0.458. The number of nitrogens with zero attached hydrogens (tertiary/aromatic N) is 1. The van der Waals surface area contributed by atoms with Crippen LogP contribution in [0.4, 0.5) is 10.5 Å². The molecule has 1 aliphatic heterocycles. The van der Waals surface area contributed by atoms with Crippen molar-refractivity contribution in [2.45, 2.75) is 43.2 Å². The highest BCUT2D eigenvalue weighted by molar-refractivity contribution is 14.1. The lowest BCUT2D eigenvalue weighted by atomic mass is 9.65. The van der Waals surface area contributed by atoms with E-state index in [2.05, 4.69) is 57.3 Å². The average Bonchev–Trinajstić information content (AvgIpc) is 3.12. The van der Waals surface area contributed by atoms with Crippen LogP contribution >= 0.6 is 22.6 Å². The van der Waals surface area contributed by atoms with E-state index in [1.165, 1.54) is 5.56 Å². The third-order valence-electron chi connectivity index (χ3n) is 6.94. The van der Waals surface area contributed by atoms with Crippen LogP contribution in [-0.4, -0.2) is 50.8 Å². The van der Waals surface area contributed by atoms with Crippen molar-refractivity contribution in [2.75, 3.05) is 33.1 Å². The first-order valence-electron chi connectivity index (χ1n) is 10.7. The summed E-state index contributed by atoms with van der Waals surface area (Å²) >= 11 is 2.24. The Morgan fingerprint density at radius 2 is 1.90 bits per heavy atom. The van der Waals surface area contributed by atoms with Crippen molar-refractivity contribution in [3.63, 3.8) is 0 Å². The molecule has 2 N–H and O–H groups in total. The second-order valence-electron chi connectivity index (χ2n) is 8.52. The topological polar surface area (TPSA) is 62.8 Å². The zero-order chi connectivity index (χ0) is 22.0. The second kappa shape index (κ2) is 9.24. The molecular formula is C24H30IN3O3. The molecule has 2 amide bonds. The van der Waals surface area contributed by atoms with Crippen molar-refractivity contribution in [1.82, 2.24) is 10.2 Å². The number of likely N-dealkylation sites (N-methyl/N-ethyl adjacent to an activating group) is 1. The highest BCUT2D eigenvalue weighted by Crippen LogP contribution is 2.49. The van der Waals surface area contributed by atoms with Crippen molar-refractivity contribution in [1.29, 1.82) is 0 Å². The summed E-state index contributed by atoms with van der Waals surface area (Å²) in [5.41, 5.74) is 2.23. The van der Waals surface area contributed by atoms with E-state index in [9.17, 15) is 4.79 Å². The highest BCUT2D eigenvalue weighted by atomic mass is 127. The number of hydrogen-bond donors (Lipinski definition) is 2. The fourth-order valence-electron chi connectivity index (χ4n) is 5.30. The van der Waals surface area contributed by atoms with E-state index >= 15 is 0 Å². The van der Waals surface area contributed by atoms with Crippen LogP contribution in [0.15, 0.2) is 42.5 Å². The lowest BCUT2D eigenvalue weighted by Gasteiger charge is -2.45. The smallest absolute Gasteiger partial charge is 0.319 e. The van der Waals surface area contributed by atoms with E-state index in [-0.39, 0.29) is 17.5 Å². The van der Waals surface area contributed by atoms with Gasteiger partial charge in [-0.05, 0) is 91.7 Å². The first kappa shape index (κ1) is 22.2. The maximum Gasteiger partial charge on any atom is 0.319 e. The number of para-hydroxylation sites is 1. The van der Waals surface area contributed by atoms with Crippen molar-refractivity contribution in [3.8, 4) is 11.5 Å². The molecule has 1 heterocycles. The molecule has 166 valence electrons. The van der Waals surface area contributed by atoms with Gasteiger partial charge in [0.1, 0.15) is 0 Å². The molecule has 0 radical (unpaired) electrons. The molecule has 0 spiro atoms. The summed E-state index contributed by atoms with van der Waals surface area (Å²) in [6, 6.07) is 14.6. The van der Waals surface area contributed by atoms with Crippen LogP contribution in [0.25, 0.3) is 0 Å². The third kappa shape index (κ3) is 4.35. The first-order chi connectivity index (χ1) is 15.0. The molecule has 0 aromatic heterocycles. The molecule has 1 saturated heterocycles. The van der Waals surface area contributed by atoms with Crippen molar-refractivity contribution in [2.24, 2.45) is 0 Å². The molecule has 2 aromatic carbocycles. The number of nitrogens with one attached hydrogen (secondary N) is 2. The van der Waals surface area contributed by atoms with Gasteiger partial charge in [0.15, 0.2) is 11.5 Å². The Morgan fingerprint density at radius 1 is 1.13 bits per heavy atom. The minimum Gasteiger partial charge on any atom is -0.493 e. The van der Waals surface area contributed by atoms with E-state index in [0.717, 1.165) is 53.0 Å². The Balaban J connectivity index is 1.49. The van der Waals surface area contributed by atoms with Gasteiger partial charge >= 0.3 is 6.03 Å². The maximum absolute atomic E-state index is 12.6. The van der Waals surface area contributed by atoms with E-state index in [1.54, 1.807) is 14.2 Å². The number of fused-ring (bicyclic) bond motifs is 1. The summed E-state index contributed by atoms with van der Waals surface area (Å²) < 4.78 is 12.0. The number of urea groups is 1. The van der Waals surface area contributed by atoms with Crippen LogP contribution in [0.3, 0.4) is 0 Å². The molecule has 7 heteroatoms. The number of methoxy groups -OCH3 is 2. The lowest BCUT2D eigenvalue weighted by molar-refractivity contribution is 0.156. The number of anilines is 1. The van der Waals surface area contributed by atoms with E-state index in [0.29, 0.717) is 6.04 Å². The fourth-order valence-corrected chi connectivity index (χ4v) is 5.82. The summed E-state index contributed by atoms with van der Waals surface area (Å²) in [5, 5.41) is 6.21. The Kier molecular flexibility index (Phi) is 6.62. The second-order valence-corrected chi connectivity index (χ2v) is 9.68. The molecule has 2 aliphatic rings. The summed E-state index contributed by atoms with van der Waals surface area (Å²) in [7, 11) is 5.55. The van der Waals surface area contributed by atoms with Crippen LogP contribution < -0.4 is 20.1 Å². The van der Waals surface area contributed by atoms with Gasteiger partial charge in [-0.3, -0.25) is 0 Å². The standard InChI is InChI=1S/C24H30IN3O3/c1-28-13-12-24(16-8-9-20(30-2)21(14-16)31-3)11-10-17(15-22(24)28)26-23(29)27-19-7-5-4-6-18(19)25/h4-9,14,17,22H,10-13,15H2,1-3H3,(H2,26,27,29)/t17-,22+,24+/m1/s1. The lowest BCUT2D eigenvalue weighted by Crippen LogP contribution is -2.52. The van der Waals surface area contributed by atoms with E-state index in [4.69, 9.17) is 9.47 Å². The number of hydrogen-bond acceptors (Lipinski definition) is 4. The molecule has 4 rings (SSSR count). The molecule has 2 aromatic rings. The first-order valence-corrected chi connectivity index (χ1v) is 11.8. The van der Waals surface area contributed by atoms with Crippen molar-refractivity contribution < 1.29 is 14.3 Å². The number of likely N-dealkylation sites (tertiary alicyclic amines) is 1. The van der Waals surface area contributed by atoms with Crippen molar-refractivity contribution in [3.05, 3.63) is 51.6 Å². The monoisotopic (exact) mass is 535 g/mol. The van der Waals surface area contributed by atoms with E-state index in [1.807, 2.05) is 30.3 Å². The molecule has 3 atom stereocenters. The predicted molar refractivity (Wildman–Crippen MR) is 131 cm³/mol. The zero-order valence-corrected chi connectivity index (χ0v) is 20.4. The molecule has 1 saturated carbocycles. The number of amides is 2. The average molecular weight is 535 g/mol. The molecule has 2 fully saturated rings. The van der Waals surface area contributed by atoms with Gasteiger partial charge in [0.2, 0.25) is 0 Å². The van der Waals surface area contributed by atoms with Gasteiger partial charge in [-0.25, -0.2) is 4.79 Å². The van der Waals surface area contributed by atoms with Crippen LogP contribution in [0.5, 0.6) is 11.5 Å². The highest BCUT2D eigenvalue weighted by Gasteiger charge is 2.50. The quantitative estimate of drug-likeness (QED) is 0.549. The summed E-state index contributed by atoms with van der Waals surface area (Å²) in [6.45, 7) is 1.06. The molecule has 0 bridgehead atoms. The van der Waals surface area contributed by atoms with Crippen LogP contribution in [0.1, 0.15) is 31.2 Å². The number of rotatable bonds is 5. The molecule has 1 aliphatic carbocycles. The van der Waals surface area contributed by atoms with Crippen LogP contribution in [0, 0.1) is 3.57 Å². The third-order valence-corrected chi connectivity index (χ3v) is 7.88. The zero-order valence-electron chi connectivity index (χ0n) is 18.3. The molecule has 0 unspecified atom stereocenters. The van der Waals surface area contributed by atoms with Gasteiger partial charge in [-0.2, -0.15) is 0 Å². The largest absolute Gasteiger partial charge is 0.493 e. The van der Waals surface area contributed by atoms with Gasteiger partial charge in [-0.15, -0.1) is 0 Å². The Hall–Kier alpha value is -2.00. The molecule has 6 nitrogen and oxygen atoms in total. The number of carbonyl (C=O) groups is 1. The van der Waals surface area contributed by atoms with Crippen molar-refractivity contribution >= 4 is 34.3 Å². The minimum atomic E-state index is -0.131. The normalized spacial score (nSPS) is 25.5. The summed E-state index contributed by atoms with van der Waals surface area (Å²) in [6.07, 6.45) is 4.04. The minimum absolute atomic E-state index is 0.0811. The maximum atomic E-state index is 12.6. The van der Waals surface area contributed by atoms with Gasteiger partial charge in [-0.1, -0.05) is 18.2 Å². The van der Waals surface area contributed by atoms with E-state index < -0.39 is 0 Å². The summed E-state index contributed by atoms with van der Waals surface area (Å²) in [5.74, 6) is 1.54. The Bertz CT molecular complexity index is 953. The number of benzene rings is 2. The number of ether oxygens (including phenoxy) is 2. The summed E-state index contributed by atoms with van der Waals surface area (Å²) in [4.78, 5) is 15.1. The predicted octanol–water partition coefficient (Wildman–Crippen LogP) is 4.62. The molecule has 31 heavy (non-hydrogen) atoms. The number of halogens is 1. The molecular weight excluding hydrogens is 505 g/mol. The van der Waals surface area contributed by atoms with Crippen LogP contribution in [-0.2, 0) is 5.41 Å². The SMILES string of the molecule is COc1ccc([C@@]23CC[C@@H](NC(=O)Nc4ccccc4I)C[C@@H]2N(C)CC3)cc1OC. The Morgan fingerprint density at radius 3 is 2.65 bits per heavy atom. The van der Waals surface area contributed by atoms with Gasteiger partial charge in [0.05, 0.1) is 19.9 Å². The van der Waals surface area contributed by atoms with Gasteiger partial charge in [0, 0.05) is 21.1 Å². The van der Waals surface area contributed by atoms with Gasteiger partial charge < -0.3 is 25.0 Å². The van der Waals surface area contributed by atoms with Gasteiger partial charge in [0.25, 0.3) is 0 Å². The number of carbonyl (C=O) groups excluding carboxylic acids is 1.